The molecule has 1 rings (SSSR count). The number of nitriles is 1. The Balaban J connectivity index is 2.29. The zero-order chi connectivity index (χ0) is 12.0. The highest BCUT2D eigenvalue weighted by molar-refractivity contribution is 9.10. The zero-order valence-corrected chi connectivity index (χ0v) is 11.3. The lowest BCUT2D eigenvalue weighted by Gasteiger charge is -2.15. The van der Waals surface area contributed by atoms with Gasteiger partial charge in [-0.1, -0.05) is 28.1 Å². The van der Waals surface area contributed by atoms with Gasteiger partial charge >= 0.3 is 0 Å². The maximum Gasteiger partial charge on any atom is 0.0684 e. The first-order valence-corrected chi connectivity index (χ1v) is 6.19. The predicted molar refractivity (Wildman–Crippen MR) is 69.9 cm³/mol. The minimum Gasteiger partial charge on any atom is -0.313 e. The Kier molecular flexibility index (Phi) is 4.98. The molecule has 0 aliphatic heterocycles. The first-order chi connectivity index (χ1) is 7.53. The van der Waals surface area contributed by atoms with Crippen molar-refractivity contribution in [2.45, 2.75) is 26.8 Å². The molecule has 0 spiro atoms. The van der Waals surface area contributed by atoms with Crippen LogP contribution in [0.5, 0.6) is 0 Å². The van der Waals surface area contributed by atoms with E-state index in [1.807, 2.05) is 26.0 Å². The standard InChI is InChI=1S/C13H17BrN2/c1-13(2,10-15)6-7-16-9-11-4-3-5-12(14)8-11/h3-5,8,16H,6-7,9H2,1-2H3. The number of rotatable bonds is 5. The third kappa shape index (κ3) is 4.78. The molecule has 0 fully saturated rings. The SMILES string of the molecule is CC(C)(C#N)CCNCc1cccc(Br)c1. The molecule has 0 aliphatic rings. The molecule has 0 radical (unpaired) electrons. The van der Waals surface area contributed by atoms with Gasteiger partial charge in [0.2, 0.25) is 0 Å². The van der Waals surface area contributed by atoms with E-state index in [4.69, 9.17) is 5.26 Å². The second kappa shape index (κ2) is 6.03. The first kappa shape index (κ1) is 13.2. The van der Waals surface area contributed by atoms with Gasteiger partial charge in [0.1, 0.15) is 0 Å². The van der Waals surface area contributed by atoms with Crippen LogP contribution in [0, 0.1) is 16.7 Å². The van der Waals surface area contributed by atoms with Crippen molar-refractivity contribution in [3.63, 3.8) is 0 Å². The molecule has 3 heteroatoms. The lowest BCUT2D eigenvalue weighted by atomic mass is 9.91. The Morgan fingerprint density at radius 3 is 2.81 bits per heavy atom. The quantitative estimate of drug-likeness (QED) is 0.839. The molecule has 0 heterocycles. The molecule has 86 valence electrons. The summed E-state index contributed by atoms with van der Waals surface area (Å²) in [7, 11) is 0. The fraction of sp³-hybridized carbons (Fsp3) is 0.462. The predicted octanol–water partition coefficient (Wildman–Crippen LogP) is 3.48. The van der Waals surface area contributed by atoms with Crippen LogP contribution in [0.3, 0.4) is 0 Å². The van der Waals surface area contributed by atoms with Crippen molar-refractivity contribution in [3.05, 3.63) is 34.3 Å². The van der Waals surface area contributed by atoms with E-state index in [2.05, 4.69) is 39.4 Å². The summed E-state index contributed by atoms with van der Waals surface area (Å²) in [5.74, 6) is 0. The molecule has 0 saturated heterocycles. The molecule has 0 unspecified atom stereocenters. The maximum atomic E-state index is 8.86. The maximum absolute atomic E-state index is 8.86. The Bertz CT molecular complexity index is 380. The van der Waals surface area contributed by atoms with E-state index in [0.29, 0.717) is 0 Å². The van der Waals surface area contributed by atoms with Gasteiger partial charge in [0.25, 0.3) is 0 Å². The van der Waals surface area contributed by atoms with Crippen molar-refractivity contribution >= 4 is 15.9 Å². The molecule has 16 heavy (non-hydrogen) atoms. The molecular weight excluding hydrogens is 264 g/mol. The summed E-state index contributed by atoms with van der Waals surface area (Å²) < 4.78 is 1.10. The van der Waals surface area contributed by atoms with Crippen LogP contribution in [0.1, 0.15) is 25.8 Å². The fourth-order valence-corrected chi connectivity index (χ4v) is 1.78. The van der Waals surface area contributed by atoms with Crippen LogP contribution in [-0.2, 0) is 6.54 Å². The van der Waals surface area contributed by atoms with E-state index in [1.165, 1.54) is 5.56 Å². The van der Waals surface area contributed by atoms with E-state index in [9.17, 15) is 0 Å². The molecular formula is C13H17BrN2. The van der Waals surface area contributed by atoms with Gasteiger partial charge in [-0.05, 0) is 44.5 Å². The molecule has 0 aromatic heterocycles. The molecule has 0 saturated carbocycles. The van der Waals surface area contributed by atoms with Gasteiger partial charge in [-0.3, -0.25) is 0 Å². The lowest BCUT2D eigenvalue weighted by molar-refractivity contribution is 0.432. The van der Waals surface area contributed by atoms with Crippen molar-refractivity contribution in [1.82, 2.24) is 5.32 Å². The average molecular weight is 281 g/mol. The monoisotopic (exact) mass is 280 g/mol. The Morgan fingerprint density at radius 1 is 1.44 bits per heavy atom. The largest absolute Gasteiger partial charge is 0.313 e. The first-order valence-electron chi connectivity index (χ1n) is 5.40. The van der Waals surface area contributed by atoms with Gasteiger partial charge in [-0.2, -0.15) is 5.26 Å². The van der Waals surface area contributed by atoms with Crippen LogP contribution in [0.2, 0.25) is 0 Å². The number of nitrogens with one attached hydrogen (secondary N) is 1. The summed E-state index contributed by atoms with van der Waals surface area (Å²) in [5, 5.41) is 12.2. The Hall–Kier alpha value is -0.850. The highest BCUT2D eigenvalue weighted by Crippen LogP contribution is 2.17. The molecule has 0 atom stereocenters. The third-order valence-corrected chi connectivity index (χ3v) is 2.94. The fourth-order valence-electron chi connectivity index (χ4n) is 1.34. The zero-order valence-electron chi connectivity index (χ0n) is 9.76. The number of halogens is 1. The van der Waals surface area contributed by atoms with Crippen LogP contribution in [0.15, 0.2) is 28.7 Å². The van der Waals surface area contributed by atoms with E-state index in [-0.39, 0.29) is 5.41 Å². The molecule has 1 N–H and O–H groups in total. The highest BCUT2D eigenvalue weighted by Gasteiger charge is 2.15. The van der Waals surface area contributed by atoms with Gasteiger partial charge in [-0.15, -0.1) is 0 Å². The van der Waals surface area contributed by atoms with E-state index >= 15 is 0 Å². The molecule has 1 aromatic rings. The van der Waals surface area contributed by atoms with E-state index in [1.54, 1.807) is 0 Å². The van der Waals surface area contributed by atoms with Crippen LogP contribution >= 0.6 is 15.9 Å². The van der Waals surface area contributed by atoms with Crippen molar-refractivity contribution in [1.29, 1.82) is 5.26 Å². The summed E-state index contributed by atoms with van der Waals surface area (Å²) in [6.07, 6.45) is 0.873. The summed E-state index contributed by atoms with van der Waals surface area (Å²) in [6.45, 7) is 5.65. The minimum absolute atomic E-state index is 0.232. The van der Waals surface area contributed by atoms with Crippen molar-refractivity contribution < 1.29 is 0 Å². The summed E-state index contributed by atoms with van der Waals surface area (Å²) in [6, 6.07) is 10.5. The highest BCUT2D eigenvalue weighted by atomic mass is 79.9. The van der Waals surface area contributed by atoms with Gasteiger partial charge in [0, 0.05) is 11.0 Å². The average Bonchev–Trinajstić information content (AvgIpc) is 2.25. The van der Waals surface area contributed by atoms with Crippen molar-refractivity contribution in [2.24, 2.45) is 5.41 Å². The van der Waals surface area contributed by atoms with Crippen LogP contribution < -0.4 is 5.32 Å². The number of nitrogens with zero attached hydrogens (tertiary/aromatic N) is 1. The molecule has 1 aromatic carbocycles. The van der Waals surface area contributed by atoms with Crippen LogP contribution in [0.25, 0.3) is 0 Å². The van der Waals surface area contributed by atoms with Gasteiger partial charge in [-0.25, -0.2) is 0 Å². The van der Waals surface area contributed by atoms with E-state index in [0.717, 1.165) is 24.0 Å². The van der Waals surface area contributed by atoms with Gasteiger partial charge in [0.15, 0.2) is 0 Å². The normalized spacial score (nSPS) is 11.1. The van der Waals surface area contributed by atoms with Crippen LogP contribution in [0.4, 0.5) is 0 Å². The number of hydrogen-bond acceptors (Lipinski definition) is 2. The topological polar surface area (TPSA) is 35.8 Å². The number of benzene rings is 1. The molecule has 0 amide bonds. The Morgan fingerprint density at radius 2 is 2.19 bits per heavy atom. The van der Waals surface area contributed by atoms with Gasteiger partial charge < -0.3 is 5.32 Å². The lowest BCUT2D eigenvalue weighted by Crippen LogP contribution is -2.21. The molecule has 0 aliphatic carbocycles. The van der Waals surface area contributed by atoms with E-state index < -0.39 is 0 Å². The summed E-state index contributed by atoms with van der Waals surface area (Å²) in [4.78, 5) is 0. The second-order valence-electron chi connectivity index (χ2n) is 4.55. The summed E-state index contributed by atoms with van der Waals surface area (Å²) in [5.41, 5.74) is 1.02. The van der Waals surface area contributed by atoms with Gasteiger partial charge in [0.05, 0.1) is 11.5 Å². The second-order valence-corrected chi connectivity index (χ2v) is 5.47. The Labute approximate surface area is 106 Å². The van der Waals surface area contributed by atoms with Crippen LogP contribution in [-0.4, -0.2) is 6.54 Å². The minimum atomic E-state index is -0.232. The molecule has 0 bridgehead atoms. The van der Waals surface area contributed by atoms with Crippen molar-refractivity contribution in [3.8, 4) is 6.07 Å². The number of hydrogen-bond donors (Lipinski definition) is 1. The summed E-state index contributed by atoms with van der Waals surface area (Å²) >= 11 is 3.44. The van der Waals surface area contributed by atoms with Crippen molar-refractivity contribution in [2.75, 3.05) is 6.54 Å². The third-order valence-electron chi connectivity index (χ3n) is 2.45. The smallest absolute Gasteiger partial charge is 0.0684 e. The molecule has 2 nitrogen and oxygen atoms in total.